The zero-order chi connectivity index (χ0) is 15.6. The molecule has 1 aliphatic rings. The zero-order valence-electron chi connectivity index (χ0n) is 11.4. The number of hydrogen-bond acceptors (Lipinski definition) is 8. The molecular formula is C10H16N6O4S. The van der Waals surface area contributed by atoms with Gasteiger partial charge in [-0.3, -0.25) is 10.1 Å². The number of piperazine rings is 1. The van der Waals surface area contributed by atoms with Crippen LogP contribution in [-0.4, -0.2) is 55.1 Å². The third-order valence-electron chi connectivity index (χ3n) is 3.19. The van der Waals surface area contributed by atoms with Crippen LogP contribution in [0.3, 0.4) is 0 Å². The highest BCUT2D eigenvalue weighted by molar-refractivity contribution is 7.88. The van der Waals surface area contributed by atoms with Gasteiger partial charge in [0.2, 0.25) is 10.0 Å². The molecule has 0 aliphatic carbocycles. The maximum Gasteiger partial charge on any atom is 0.276 e. The van der Waals surface area contributed by atoms with Gasteiger partial charge >= 0.3 is 0 Å². The average Bonchev–Trinajstić information content (AvgIpc) is 2.46. The number of aromatic nitrogens is 1. The van der Waals surface area contributed by atoms with Crippen molar-refractivity contribution in [3.63, 3.8) is 0 Å². The third-order valence-corrected chi connectivity index (χ3v) is 4.49. The van der Waals surface area contributed by atoms with E-state index in [0.717, 1.165) is 6.26 Å². The quantitative estimate of drug-likeness (QED) is 0.425. The number of nitrogens with two attached hydrogens (primary N) is 1. The summed E-state index contributed by atoms with van der Waals surface area (Å²) in [6, 6.07) is 2.58. The smallest absolute Gasteiger partial charge is 0.276 e. The molecule has 10 nitrogen and oxygen atoms in total. The lowest BCUT2D eigenvalue weighted by Crippen LogP contribution is -2.48. The molecule has 0 saturated carbocycles. The van der Waals surface area contributed by atoms with Crippen molar-refractivity contribution < 1.29 is 13.3 Å². The van der Waals surface area contributed by atoms with Crippen LogP contribution in [0.5, 0.6) is 0 Å². The fourth-order valence-corrected chi connectivity index (χ4v) is 2.92. The van der Waals surface area contributed by atoms with Crippen molar-refractivity contribution in [3.8, 4) is 0 Å². The van der Waals surface area contributed by atoms with E-state index in [1.165, 1.54) is 16.4 Å². The molecule has 0 bridgehead atoms. The van der Waals surface area contributed by atoms with E-state index in [1.807, 2.05) is 0 Å². The molecule has 21 heavy (non-hydrogen) atoms. The highest BCUT2D eigenvalue weighted by Gasteiger charge is 2.25. The Bertz CT molecular complexity index is 641. The van der Waals surface area contributed by atoms with Gasteiger partial charge in [0.25, 0.3) is 5.69 Å². The first-order valence-electron chi connectivity index (χ1n) is 6.14. The van der Waals surface area contributed by atoms with Crippen LogP contribution in [-0.2, 0) is 10.0 Å². The summed E-state index contributed by atoms with van der Waals surface area (Å²) < 4.78 is 24.3. The number of nitrogens with zero attached hydrogens (tertiary/aromatic N) is 4. The number of sulfonamides is 1. The molecule has 1 aliphatic heterocycles. The van der Waals surface area contributed by atoms with Gasteiger partial charge in [-0.15, -0.1) is 0 Å². The molecule has 116 valence electrons. The minimum atomic E-state index is -3.22. The Balaban J connectivity index is 2.20. The van der Waals surface area contributed by atoms with E-state index >= 15 is 0 Å². The fourth-order valence-electron chi connectivity index (χ4n) is 2.09. The van der Waals surface area contributed by atoms with Crippen molar-refractivity contribution >= 4 is 27.3 Å². The van der Waals surface area contributed by atoms with Crippen molar-refractivity contribution in [2.24, 2.45) is 5.84 Å². The lowest BCUT2D eigenvalue weighted by atomic mass is 10.3. The van der Waals surface area contributed by atoms with E-state index in [4.69, 9.17) is 5.84 Å². The van der Waals surface area contributed by atoms with E-state index < -0.39 is 14.9 Å². The number of hydrazine groups is 1. The maximum absolute atomic E-state index is 11.4. The summed E-state index contributed by atoms with van der Waals surface area (Å²) in [6.07, 6.45) is 1.16. The van der Waals surface area contributed by atoms with Crippen LogP contribution in [0.1, 0.15) is 0 Å². The Morgan fingerprint density at radius 1 is 1.33 bits per heavy atom. The molecule has 0 aromatic carbocycles. The number of anilines is 2. The van der Waals surface area contributed by atoms with E-state index in [1.54, 1.807) is 4.90 Å². The molecule has 0 radical (unpaired) electrons. The van der Waals surface area contributed by atoms with Crippen molar-refractivity contribution in [1.82, 2.24) is 9.29 Å². The molecule has 11 heteroatoms. The Kier molecular flexibility index (Phi) is 4.25. The monoisotopic (exact) mass is 316 g/mol. The summed E-state index contributed by atoms with van der Waals surface area (Å²) in [5, 5.41) is 10.9. The zero-order valence-corrected chi connectivity index (χ0v) is 12.2. The number of nitro groups is 1. The van der Waals surface area contributed by atoms with Crippen molar-refractivity contribution in [2.75, 3.05) is 42.8 Å². The number of pyridine rings is 1. The molecule has 0 spiro atoms. The van der Waals surface area contributed by atoms with E-state index in [9.17, 15) is 18.5 Å². The topological polar surface area (TPSA) is 135 Å². The van der Waals surface area contributed by atoms with Gasteiger partial charge in [-0.25, -0.2) is 19.2 Å². The summed E-state index contributed by atoms with van der Waals surface area (Å²) >= 11 is 0. The summed E-state index contributed by atoms with van der Waals surface area (Å²) in [4.78, 5) is 16.3. The molecule has 2 heterocycles. The minimum absolute atomic E-state index is 0.126. The molecular weight excluding hydrogens is 300 g/mol. The normalized spacial score (nSPS) is 16.8. The summed E-state index contributed by atoms with van der Waals surface area (Å²) in [6.45, 7) is 1.44. The van der Waals surface area contributed by atoms with Crippen LogP contribution in [0.25, 0.3) is 0 Å². The van der Waals surface area contributed by atoms with Crippen LogP contribution in [0.2, 0.25) is 0 Å². The van der Waals surface area contributed by atoms with Gasteiger partial charge in [-0.2, -0.15) is 4.31 Å². The second-order valence-electron chi connectivity index (χ2n) is 4.62. The standard InChI is InChI=1S/C10H16N6O4S/c1-21(19,20)15-4-2-14(3-5-15)10-7-8(16(17)18)6-9(12-10)13-11/h6-7H,2-5,11H2,1H3,(H,12,13). The SMILES string of the molecule is CS(=O)(=O)N1CCN(c2cc([N+](=O)[O-])cc(NN)n2)CC1. The first-order chi connectivity index (χ1) is 9.81. The van der Waals surface area contributed by atoms with E-state index in [2.05, 4.69) is 10.4 Å². The van der Waals surface area contributed by atoms with Crippen LogP contribution in [0.4, 0.5) is 17.3 Å². The van der Waals surface area contributed by atoms with Crippen LogP contribution < -0.4 is 16.2 Å². The van der Waals surface area contributed by atoms with E-state index in [0.29, 0.717) is 32.0 Å². The van der Waals surface area contributed by atoms with Gasteiger partial charge in [0.1, 0.15) is 11.6 Å². The van der Waals surface area contributed by atoms with Gasteiger partial charge in [-0.05, 0) is 0 Å². The average molecular weight is 316 g/mol. The fraction of sp³-hybridized carbons (Fsp3) is 0.500. The molecule has 0 unspecified atom stereocenters. The molecule has 0 amide bonds. The van der Waals surface area contributed by atoms with Gasteiger partial charge in [0.05, 0.1) is 23.3 Å². The van der Waals surface area contributed by atoms with Crippen molar-refractivity contribution in [3.05, 3.63) is 22.2 Å². The summed E-state index contributed by atoms with van der Waals surface area (Å²) in [5.41, 5.74) is 2.16. The van der Waals surface area contributed by atoms with Gasteiger partial charge < -0.3 is 10.3 Å². The predicted molar refractivity (Wildman–Crippen MR) is 77.3 cm³/mol. The summed E-state index contributed by atoms with van der Waals surface area (Å²) in [7, 11) is -3.22. The molecule has 1 aromatic heterocycles. The first kappa shape index (κ1) is 15.4. The number of nitrogens with one attached hydrogen (secondary N) is 1. The second-order valence-corrected chi connectivity index (χ2v) is 6.60. The molecule has 1 saturated heterocycles. The highest BCUT2D eigenvalue weighted by Crippen LogP contribution is 2.24. The van der Waals surface area contributed by atoms with Crippen molar-refractivity contribution in [2.45, 2.75) is 0 Å². The molecule has 1 aromatic rings. The Morgan fingerprint density at radius 2 is 1.95 bits per heavy atom. The Morgan fingerprint density at radius 3 is 2.43 bits per heavy atom. The van der Waals surface area contributed by atoms with Gasteiger partial charge in [0, 0.05) is 26.2 Å². The molecule has 2 rings (SSSR count). The van der Waals surface area contributed by atoms with Gasteiger partial charge in [0.15, 0.2) is 0 Å². The molecule has 0 atom stereocenters. The lowest BCUT2D eigenvalue weighted by Gasteiger charge is -2.33. The minimum Gasteiger partial charge on any atom is -0.354 e. The maximum atomic E-state index is 11.4. The second kappa shape index (κ2) is 5.79. The van der Waals surface area contributed by atoms with Crippen LogP contribution in [0, 0.1) is 10.1 Å². The Hall–Kier alpha value is -1.98. The van der Waals surface area contributed by atoms with Crippen LogP contribution in [0.15, 0.2) is 12.1 Å². The number of nitrogen functional groups attached to an aromatic ring is 1. The predicted octanol–water partition coefficient (Wildman–Crippen LogP) is -0.643. The molecule has 3 N–H and O–H groups in total. The Labute approximate surface area is 121 Å². The molecule has 1 fully saturated rings. The lowest BCUT2D eigenvalue weighted by molar-refractivity contribution is -0.384. The largest absolute Gasteiger partial charge is 0.354 e. The third kappa shape index (κ3) is 3.56. The van der Waals surface area contributed by atoms with Gasteiger partial charge in [-0.1, -0.05) is 0 Å². The van der Waals surface area contributed by atoms with E-state index in [-0.39, 0.29) is 11.5 Å². The van der Waals surface area contributed by atoms with Crippen molar-refractivity contribution in [1.29, 1.82) is 0 Å². The highest BCUT2D eigenvalue weighted by atomic mass is 32.2. The number of hydrogen-bond donors (Lipinski definition) is 2. The number of rotatable bonds is 4. The van der Waals surface area contributed by atoms with Crippen LogP contribution >= 0.6 is 0 Å². The first-order valence-corrected chi connectivity index (χ1v) is 7.99. The summed E-state index contributed by atoms with van der Waals surface area (Å²) in [5.74, 6) is 5.83.